The number of hydrogen-bond acceptors (Lipinski definition) is 7. The highest BCUT2D eigenvalue weighted by Crippen LogP contribution is 2.41. The third-order valence-corrected chi connectivity index (χ3v) is 5.32. The van der Waals surface area contributed by atoms with Gasteiger partial charge in [-0.1, -0.05) is 47.6 Å². The second-order valence-corrected chi connectivity index (χ2v) is 10.9. The molecule has 8 nitrogen and oxygen atoms in total. The molecule has 1 aliphatic heterocycles. The van der Waals surface area contributed by atoms with Gasteiger partial charge in [-0.05, 0) is 35.1 Å². The van der Waals surface area contributed by atoms with Crippen LogP contribution in [0, 0.1) is 5.92 Å². The monoisotopic (exact) mass is 467 g/mol. The van der Waals surface area contributed by atoms with Gasteiger partial charge < -0.3 is 19.9 Å². The molecule has 0 bridgehead atoms. The number of carbonyl (C=O) groups excluding carboxylic acids is 2. The van der Waals surface area contributed by atoms with E-state index in [0.717, 1.165) is 11.1 Å². The first-order valence-electron chi connectivity index (χ1n) is 11.2. The van der Waals surface area contributed by atoms with Crippen LogP contribution in [-0.2, 0) is 29.9 Å². The van der Waals surface area contributed by atoms with E-state index in [-0.39, 0.29) is 22.4 Å². The van der Waals surface area contributed by atoms with Crippen molar-refractivity contribution >= 4 is 29.3 Å². The Morgan fingerprint density at radius 3 is 1.97 bits per heavy atom. The van der Waals surface area contributed by atoms with E-state index in [1.807, 2.05) is 41.5 Å². The number of phenols is 1. The van der Waals surface area contributed by atoms with Crippen molar-refractivity contribution < 1.29 is 24.2 Å². The zero-order valence-corrected chi connectivity index (χ0v) is 21.0. The van der Waals surface area contributed by atoms with Crippen LogP contribution in [0.2, 0.25) is 0 Å². The van der Waals surface area contributed by atoms with Gasteiger partial charge >= 0.3 is 11.9 Å². The van der Waals surface area contributed by atoms with E-state index in [0.29, 0.717) is 11.5 Å². The number of anilines is 1. The molecule has 1 aromatic carbocycles. The van der Waals surface area contributed by atoms with Crippen LogP contribution in [0.25, 0.3) is 0 Å². The number of aliphatic imine (C=N–C) groups is 1. The maximum atomic E-state index is 12.8. The summed E-state index contributed by atoms with van der Waals surface area (Å²) in [5.41, 5.74) is 1.26. The van der Waals surface area contributed by atoms with Crippen LogP contribution >= 0.6 is 0 Å². The molecule has 2 N–H and O–H groups in total. The minimum absolute atomic E-state index is 0.0228. The summed E-state index contributed by atoms with van der Waals surface area (Å²) in [5, 5.41) is 14.2. The molecule has 0 amide bonds. The topological polar surface area (TPSA) is 110 Å². The van der Waals surface area contributed by atoms with Crippen molar-refractivity contribution in [1.82, 2.24) is 4.98 Å². The van der Waals surface area contributed by atoms with Crippen LogP contribution in [0.1, 0.15) is 66.5 Å². The van der Waals surface area contributed by atoms with Gasteiger partial charge in [0.05, 0.1) is 0 Å². The molecule has 182 valence electrons. The van der Waals surface area contributed by atoms with E-state index < -0.39 is 23.6 Å². The number of pyridine rings is 1. The quantitative estimate of drug-likeness (QED) is 0.215. The number of benzene rings is 1. The van der Waals surface area contributed by atoms with Crippen LogP contribution in [0.4, 0.5) is 11.5 Å². The smallest absolute Gasteiger partial charge is 0.331 e. The van der Waals surface area contributed by atoms with E-state index in [2.05, 4.69) is 15.3 Å². The molecule has 1 saturated heterocycles. The summed E-state index contributed by atoms with van der Waals surface area (Å²) in [7, 11) is 0. The highest BCUT2D eigenvalue weighted by atomic mass is 16.7. The van der Waals surface area contributed by atoms with Crippen LogP contribution in [0.3, 0.4) is 0 Å². The summed E-state index contributed by atoms with van der Waals surface area (Å²) in [6, 6.07) is 8.73. The number of carbonyl (C=O) groups is 2. The van der Waals surface area contributed by atoms with Gasteiger partial charge in [0.25, 0.3) is 5.79 Å². The summed E-state index contributed by atoms with van der Waals surface area (Å²) in [6.07, 6.45) is 1.56. The van der Waals surface area contributed by atoms with Crippen molar-refractivity contribution in [2.45, 2.75) is 72.0 Å². The summed E-state index contributed by atoms with van der Waals surface area (Å²) >= 11 is 0. The van der Waals surface area contributed by atoms with Crippen LogP contribution < -0.4 is 5.32 Å². The van der Waals surface area contributed by atoms with Gasteiger partial charge in [0, 0.05) is 36.9 Å². The Kier molecular flexibility index (Phi) is 6.48. The largest absolute Gasteiger partial charge is 0.507 e. The van der Waals surface area contributed by atoms with Gasteiger partial charge in [0.15, 0.2) is 5.82 Å². The third kappa shape index (κ3) is 5.55. The molecule has 1 aliphatic rings. The Labute approximate surface area is 200 Å². The molecule has 0 aliphatic carbocycles. The number of amidine groups is 1. The van der Waals surface area contributed by atoms with Gasteiger partial charge in [0.2, 0.25) is 5.92 Å². The van der Waals surface area contributed by atoms with Crippen molar-refractivity contribution in [1.29, 1.82) is 0 Å². The molecule has 34 heavy (non-hydrogen) atoms. The second-order valence-electron chi connectivity index (χ2n) is 10.9. The molecule has 8 heteroatoms. The highest BCUT2D eigenvalue weighted by Gasteiger charge is 2.46. The highest BCUT2D eigenvalue weighted by molar-refractivity contribution is 6.21. The third-order valence-electron chi connectivity index (χ3n) is 5.32. The Morgan fingerprint density at radius 2 is 1.53 bits per heavy atom. The number of aromatic hydroxyl groups is 1. The number of esters is 2. The zero-order valence-electron chi connectivity index (χ0n) is 21.0. The van der Waals surface area contributed by atoms with E-state index in [9.17, 15) is 14.7 Å². The fourth-order valence-corrected chi connectivity index (χ4v) is 3.65. The molecular weight excluding hydrogens is 434 g/mol. The molecule has 0 radical (unpaired) electrons. The average molecular weight is 468 g/mol. The molecule has 0 atom stereocenters. The number of rotatable bonds is 3. The lowest BCUT2D eigenvalue weighted by Crippen LogP contribution is -2.50. The predicted octanol–water partition coefficient (Wildman–Crippen LogP) is 4.98. The second kappa shape index (κ2) is 8.74. The zero-order chi connectivity index (χ0) is 25.5. The lowest BCUT2D eigenvalue weighted by atomic mass is 9.79. The van der Waals surface area contributed by atoms with Crippen LogP contribution in [0.5, 0.6) is 5.75 Å². The molecule has 0 saturated carbocycles. The van der Waals surface area contributed by atoms with Gasteiger partial charge in [-0.25, -0.2) is 9.98 Å². The lowest BCUT2D eigenvalue weighted by molar-refractivity contribution is -0.235. The fourth-order valence-electron chi connectivity index (χ4n) is 3.65. The van der Waals surface area contributed by atoms with Crippen molar-refractivity contribution in [2.75, 3.05) is 5.32 Å². The Balaban J connectivity index is 2.15. The van der Waals surface area contributed by atoms with Crippen molar-refractivity contribution in [3.05, 3.63) is 47.7 Å². The van der Waals surface area contributed by atoms with Crippen molar-refractivity contribution in [2.24, 2.45) is 10.9 Å². The number of hydrogen-bond donors (Lipinski definition) is 2. The number of nitrogens with zero attached hydrogens (tertiary/aromatic N) is 2. The van der Waals surface area contributed by atoms with E-state index in [1.165, 1.54) is 13.8 Å². The maximum absolute atomic E-state index is 12.8. The maximum Gasteiger partial charge on any atom is 0.331 e. The van der Waals surface area contributed by atoms with Gasteiger partial charge in [-0.3, -0.25) is 9.59 Å². The van der Waals surface area contributed by atoms with Gasteiger partial charge in [0.1, 0.15) is 11.6 Å². The first-order valence-corrected chi connectivity index (χ1v) is 11.2. The van der Waals surface area contributed by atoms with Crippen molar-refractivity contribution in [3.63, 3.8) is 0 Å². The lowest BCUT2D eigenvalue weighted by Gasteiger charge is -2.33. The fraction of sp³-hybridized carbons (Fsp3) is 0.462. The van der Waals surface area contributed by atoms with E-state index in [4.69, 9.17) is 9.47 Å². The molecule has 2 heterocycles. The molecule has 1 fully saturated rings. The minimum Gasteiger partial charge on any atom is -0.507 e. The first kappa shape index (κ1) is 25.2. The van der Waals surface area contributed by atoms with Crippen LogP contribution in [0.15, 0.2) is 41.5 Å². The number of aromatic nitrogens is 1. The Hall–Kier alpha value is -3.42. The number of cyclic esters (lactones) is 2. The molecule has 1 aromatic heterocycles. The first-order chi connectivity index (χ1) is 15.6. The van der Waals surface area contributed by atoms with Crippen molar-refractivity contribution in [3.8, 4) is 5.75 Å². The summed E-state index contributed by atoms with van der Waals surface area (Å²) in [5.74, 6) is -3.77. The Bertz CT molecular complexity index is 1070. The van der Waals surface area contributed by atoms with Crippen LogP contribution in [-0.4, -0.2) is 33.7 Å². The number of ether oxygens (including phenoxy) is 2. The van der Waals surface area contributed by atoms with E-state index in [1.54, 1.807) is 36.5 Å². The average Bonchev–Trinajstić information content (AvgIpc) is 2.66. The molecule has 3 rings (SSSR count). The predicted molar refractivity (Wildman–Crippen MR) is 130 cm³/mol. The number of nitrogens with one attached hydrogen (secondary N) is 1. The standard InChI is InChI=1S/C26H33N3O5/c1-24(2,3)16-13-15(14-17(20(16)30)25(4,5)6)28-21(29-18-11-9-10-12-27-18)19-22(31)33-26(7,8)34-23(19)32/h9-14,19,30H,1-8H3,(H,27,28,29). The van der Waals surface area contributed by atoms with Gasteiger partial charge in [-0.2, -0.15) is 0 Å². The van der Waals surface area contributed by atoms with E-state index >= 15 is 0 Å². The molecular formula is C26H33N3O5. The van der Waals surface area contributed by atoms with Gasteiger partial charge in [-0.15, -0.1) is 0 Å². The summed E-state index contributed by atoms with van der Waals surface area (Å²) < 4.78 is 10.6. The minimum atomic E-state index is -1.42. The summed E-state index contributed by atoms with van der Waals surface area (Å²) in [6.45, 7) is 15.0. The molecule has 2 aromatic rings. The Morgan fingerprint density at radius 1 is 1.00 bits per heavy atom. The molecule has 0 spiro atoms. The number of phenolic OH excluding ortho intramolecular Hbond substituents is 1. The molecule has 0 unspecified atom stereocenters. The SMILES string of the molecule is CC1(C)OC(=O)C(C(=Nc2ccccn2)Nc2cc(C(C)(C)C)c(O)c(C(C)(C)C)c2)C(=O)O1. The summed E-state index contributed by atoms with van der Waals surface area (Å²) in [4.78, 5) is 34.3. The normalized spacial score (nSPS) is 17.2.